The smallest absolute Gasteiger partial charge is 0.268 e. The standard InChI is InChI=1S/C13H18BrN3O/c1-13(4-5-15-8-13)16-12(18)11-6-9(14)7-17(11)10-2-3-10/h6-7,10,15H,2-5,8H2,1H3,(H,16,18). The van der Waals surface area contributed by atoms with Gasteiger partial charge in [-0.15, -0.1) is 0 Å². The minimum Gasteiger partial charge on any atom is -0.344 e. The zero-order valence-electron chi connectivity index (χ0n) is 10.5. The average Bonchev–Trinajstić information content (AvgIpc) is 2.96. The molecule has 0 radical (unpaired) electrons. The molecule has 1 aromatic rings. The molecule has 1 unspecified atom stereocenters. The molecule has 1 aromatic heterocycles. The zero-order valence-corrected chi connectivity index (χ0v) is 12.1. The number of amides is 1. The summed E-state index contributed by atoms with van der Waals surface area (Å²) in [7, 11) is 0. The fourth-order valence-electron chi connectivity index (χ4n) is 2.54. The quantitative estimate of drug-likeness (QED) is 0.897. The van der Waals surface area contributed by atoms with Crippen molar-refractivity contribution in [2.45, 2.75) is 37.8 Å². The Hall–Kier alpha value is -0.810. The first kappa shape index (κ1) is 12.2. The lowest BCUT2D eigenvalue weighted by Gasteiger charge is -2.24. The zero-order chi connectivity index (χ0) is 12.8. The molecule has 1 amide bonds. The van der Waals surface area contributed by atoms with E-state index in [0.29, 0.717) is 6.04 Å². The van der Waals surface area contributed by atoms with Crippen LogP contribution in [0.5, 0.6) is 0 Å². The number of nitrogens with zero attached hydrogens (tertiary/aromatic N) is 1. The molecule has 0 bridgehead atoms. The Balaban J connectivity index is 1.79. The lowest BCUT2D eigenvalue weighted by atomic mass is 10.0. The fraction of sp³-hybridized carbons (Fsp3) is 0.615. The molecule has 2 aliphatic rings. The van der Waals surface area contributed by atoms with Gasteiger partial charge in [0.25, 0.3) is 5.91 Å². The van der Waals surface area contributed by atoms with E-state index in [4.69, 9.17) is 0 Å². The van der Waals surface area contributed by atoms with Crippen molar-refractivity contribution in [3.05, 3.63) is 22.4 Å². The summed E-state index contributed by atoms with van der Waals surface area (Å²) in [6.07, 6.45) is 5.37. The number of carbonyl (C=O) groups excluding carboxylic acids is 1. The first-order chi connectivity index (χ1) is 8.57. The molecular weight excluding hydrogens is 294 g/mol. The molecule has 4 nitrogen and oxygen atoms in total. The second-order valence-electron chi connectivity index (χ2n) is 5.62. The Kier molecular flexibility index (Phi) is 2.98. The van der Waals surface area contributed by atoms with Crippen LogP contribution in [0, 0.1) is 0 Å². The first-order valence-electron chi connectivity index (χ1n) is 6.48. The molecule has 1 saturated carbocycles. The molecule has 2 N–H and O–H groups in total. The Bertz CT molecular complexity index is 473. The molecule has 3 rings (SSSR count). The van der Waals surface area contributed by atoms with Crippen LogP contribution < -0.4 is 10.6 Å². The van der Waals surface area contributed by atoms with Gasteiger partial charge in [-0.1, -0.05) is 0 Å². The van der Waals surface area contributed by atoms with Gasteiger partial charge >= 0.3 is 0 Å². The van der Waals surface area contributed by atoms with Crippen LogP contribution in [0.2, 0.25) is 0 Å². The summed E-state index contributed by atoms with van der Waals surface area (Å²) in [6.45, 7) is 3.93. The van der Waals surface area contributed by atoms with Crippen LogP contribution in [0.15, 0.2) is 16.7 Å². The summed E-state index contributed by atoms with van der Waals surface area (Å²) in [5, 5.41) is 6.46. The van der Waals surface area contributed by atoms with Gasteiger partial charge in [0.1, 0.15) is 5.69 Å². The number of carbonyl (C=O) groups is 1. The predicted molar refractivity (Wildman–Crippen MR) is 73.8 cm³/mol. The normalized spacial score (nSPS) is 27.4. The Labute approximate surface area is 115 Å². The highest BCUT2D eigenvalue weighted by Gasteiger charge is 2.33. The van der Waals surface area contributed by atoms with Gasteiger partial charge in [0, 0.05) is 23.3 Å². The molecule has 5 heteroatoms. The second-order valence-corrected chi connectivity index (χ2v) is 6.54. The van der Waals surface area contributed by atoms with Gasteiger partial charge in [0.05, 0.1) is 5.54 Å². The lowest BCUT2D eigenvalue weighted by Crippen LogP contribution is -2.47. The molecule has 1 atom stereocenters. The largest absolute Gasteiger partial charge is 0.344 e. The minimum absolute atomic E-state index is 0.0406. The number of aromatic nitrogens is 1. The van der Waals surface area contributed by atoms with Crippen molar-refractivity contribution < 1.29 is 4.79 Å². The van der Waals surface area contributed by atoms with Gasteiger partial charge in [-0.05, 0) is 54.7 Å². The molecule has 2 heterocycles. The van der Waals surface area contributed by atoms with Crippen molar-refractivity contribution in [3.63, 3.8) is 0 Å². The van der Waals surface area contributed by atoms with Crippen LogP contribution in [0.3, 0.4) is 0 Å². The summed E-state index contributed by atoms with van der Waals surface area (Å²) >= 11 is 3.46. The van der Waals surface area contributed by atoms with E-state index in [1.54, 1.807) is 0 Å². The third-order valence-corrected chi connectivity index (χ3v) is 4.21. The van der Waals surface area contributed by atoms with E-state index in [9.17, 15) is 4.79 Å². The summed E-state index contributed by atoms with van der Waals surface area (Å²) in [4.78, 5) is 12.4. The molecular formula is C13H18BrN3O. The van der Waals surface area contributed by atoms with Gasteiger partial charge in [-0.3, -0.25) is 4.79 Å². The van der Waals surface area contributed by atoms with E-state index < -0.39 is 0 Å². The van der Waals surface area contributed by atoms with Crippen LogP contribution in [-0.2, 0) is 0 Å². The van der Waals surface area contributed by atoms with Gasteiger partial charge in [-0.25, -0.2) is 0 Å². The molecule has 0 aromatic carbocycles. The first-order valence-corrected chi connectivity index (χ1v) is 7.27. The van der Waals surface area contributed by atoms with Crippen molar-refractivity contribution in [2.24, 2.45) is 0 Å². The molecule has 18 heavy (non-hydrogen) atoms. The molecule has 2 fully saturated rings. The molecule has 1 aliphatic carbocycles. The van der Waals surface area contributed by atoms with Gasteiger partial charge < -0.3 is 15.2 Å². The Morgan fingerprint density at radius 2 is 2.39 bits per heavy atom. The maximum Gasteiger partial charge on any atom is 0.268 e. The van der Waals surface area contributed by atoms with Crippen LogP contribution >= 0.6 is 15.9 Å². The molecule has 1 saturated heterocycles. The van der Waals surface area contributed by atoms with Crippen LogP contribution in [0.4, 0.5) is 0 Å². The van der Waals surface area contributed by atoms with E-state index in [1.165, 1.54) is 12.8 Å². The van der Waals surface area contributed by atoms with Crippen molar-refractivity contribution in [1.29, 1.82) is 0 Å². The van der Waals surface area contributed by atoms with Gasteiger partial charge in [-0.2, -0.15) is 0 Å². The molecule has 1 aliphatic heterocycles. The topological polar surface area (TPSA) is 46.1 Å². The van der Waals surface area contributed by atoms with E-state index in [1.807, 2.05) is 12.3 Å². The predicted octanol–water partition coefficient (Wildman–Crippen LogP) is 2.07. The highest BCUT2D eigenvalue weighted by atomic mass is 79.9. The monoisotopic (exact) mass is 311 g/mol. The summed E-state index contributed by atoms with van der Waals surface area (Å²) in [5.74, 6) is 0.0406. The van der Waals surface area contributed by atoms with E-state index >= 15 is 0 Å². The third-order valence-electron chi connectivity index (χ3n) is 3.77. The van der Waals surface area contributed by atoms with Crippen LogP contribution in [0.25, 0.3) is 0 Å². The molecule has 0 spiro atoms. The summed E-state index contributed by atoms with van der Waals surface area (Å²) in [6, 6.07) is 2.44. The molecule has 98 valence electrons. The highest BCUT2D eigenvalue weighted by molar-refractivity contribution is 9.10. The highest BCUT2D eigenvalue weighted by Crippen LogP contribution is 2.37. The van der Waals surface area contributed by atoms with E-state index in [0.717, 1.165) is 29.7 Å². The maximum absolute atomic E-state index is 12.4. The maximum atomic E-state index is 12.4. The number of nitrogens with one attached hydrogen (secondary N) is 2. The number of hydrogen-bond acceptors (Lipinski definition) is 2. The van der Waals surface area contributed by atoms with Gasteiger partial charge in [0.2, 0.25) is 0 Å². The number of rotatable bonds is 3. The lowest BCUT2D eigenvalue weighted by molar-refractivity contribution is 0.0903. The van der Waals surface area contributed by atoms with E-state index in [2.05, 4.69) is 38.1 Å². The summed E-state index contributed by atoms with van der Waals surface area (Å²) in [5.41, 5.74) is 0.667. The SMILES string of the molecule is CC1(NC(=O)c2cc(Br)cn2C2CC2)CCNC1. The van der Waals surface area contributed by atoms with Crippen molar-refractivity contribution in [2.75, 3.05) is 13.1 Å². The third kappa shape index (κ3) is 2.34. The Morgan fingerprint density at radius 3 is 3.00 bits per heavy atom. The number of hydrogen-bond donors (Lipinski definition) is 2. The average molecular weight is 312 g/mol. The second kappa shape index (κ2) is 4.38. The van der Waals surface area contributed by atoms with Crippen LogP contribution in [-0.4, -0.2) is 29.1 Å². The van der Waals surface area contributed by atoms with Crippen molar-refractivity contribution in [3.8, 4) is 0 Å². The van der Waals surface area contributed by atoms with Crippen LogP contribution in [0.1, 0.15) is 42.7 Å². The van der Waals surface area contributed by atoms with E-state index in [-0.39, 0.29) is 11.4 Å². The van der Waals surface area contributed by atoms with Crippen molar-refractivity contribution in [1.82, 2.24) is 15.2 Å². The van der Waals surface area contributed by atoms with Gasteiger partial charge in [0.15, 0.2) is 0 Å². The Morgan fingerprint density at radius 1 is 1.61 bits per heavy atom. The fourth-order valence-corrected chi connectivity index (χ4v) is 2.98. The van der Waals surface area contributed by atoms with Crippen molar-refractivity contribution >= 4 is 21.8 Å². The minimum atomic E-state index is -0.109. The number of halogens is 1. The summed E-state index contributed by atoms with van der Waals surface area (Å²) < 4.78 is 3.08.